The minimum absolute atomic E-state index is 0.497. The van der Waals surface area contributed by atoms with E-state index in [2.05, 4.69) is 4.98 Å². The van der Waals surface area contributed by atoms with Crippen LogP contribution in [0.15, 0.2) is 30.9 Å². The van der Waals surface area contributed by atoms with Crippen LogP contribution in [0.5, 0.6) is 0 Å². The third-order valence-corrected chi connectivity index (χ3v) is 0.940. The van der Waals surface area contributed by atoms with E-state index in [1.165, 1.54) is 6.08 Å². The molecule has 1 rings (SSSR count). The first kappa shape index (κ1) is 5.95. The van der Waals surface area contributed by atoms with E-state index in [0.717, 1.165) is 5.56 Å². The number of rotatable bonds is 1. The number of hydrogen-bond donors (Lipinski definition) is 0. The van der Waals surface area contributed by atoms with Gasteiger partial charge in [0.1, 0.15) is 0 Å². The van der Waals surface area contributed by atoms with Crippen molar-refractivity contribution in [3.05, 3.63) is 36.4 Å². The summed E-state index contributed by atoms with van der Waals surface area (Å²) in [6, 6.07) is 3.54. The summed E-state index contributed by atoms with van der Waals surface area (Å²) in [5, 5.41) is 0. The van der Waals surface area contributed by atoms with Crippen LogP contribution in [0.1, 0.15) is 5.56 Å². The Morgan fingerprint density at radius 1 is 1.56 bits per heavy atom. The highest BCUT2D eigenvalue weighted by Gasteiger charge is 1.79. The number of pyridine rings is 1. The fourth-order valence-corrected chi connectivity index (χ4v) is 0.547. The largest absolute Gasteiger partial charge is 0.264 e. The molecule has 1 aromatic heterocycles. The second kappa shape index (κ2) is 2.97. The van der Waals surface area contributed by atoms with Crippen LogP contribution in [-0.2, 0) is 0 Å². The minimum atomic E-state index is 0.497. The predicted molar refractivity (Wildman–Crippen MR) is 34.4 cm³/mol. The summed E-state index contributed by atoms with van der Waals surface area (Å²) < 4.78 is 11.5. The molecule has 0 unspecified atom stereocenters. The first-order valence-electron chi connectivity index (χ1n) is 2.60. The van der Waals surface area contributed by atoms with E-state index in [-0.39, 0.29) is 0 Å². The van der Waals surface area contributed by atoms with Crippen LogP contribution in [-0.4, -0.2) is 4.98 Å². The molecule has 0 saturated carbocycles. The molecule has 0 spiro atoms. The van der Waals surface area contributed by atoms with Gasteiger partial charge in [-0.15, -0.1) is 0 Å². The fraction of sp³-hybridized carbons (Fsp3) is 0. The quantitative estimate of drug-likeness (QED) is 0.556. The van der Waals surface area contributed by atoms with Crippen LogP contribution in [0.3, 0.4) is 0 Å². The van der Waals surface area contributed by atoms with E-state index in [9.17, 15) is 4.39 Å². The Bertz CT molecular complexity index is 193. The third kappa shape index (κ3) is 1.64. The van der Waals surface area contributed by atoms with Crippen molar-refractivity contribution in [3.63, 3.8) is 0 Å². The minimum Gasteiger partial charge on any atom is -0.264 e. The van der Waals surface area contributed by atoms with Crippen molar-refractivity contribution >= 4 is 6.08 Å². The van der Waals surface area contributed by atoms with Gasteiger partial charge in [-0.1, -0.05) is 6.07 Å². The summed E-state index contributed by atoms with van der Waals surface area (Å²) in [5.41, 5.74) is 0.778. The van der Waals surface area contributed by atoms with Gasteiger partial charge in [-0.25, -0.2) is 4.39 Å². The number of nitrogens with zero attached hydrogens (tertiary/aromatic N) is 1. The molecule has 0 aliphatic heterocycles. The first-order valence-corrected chi connectivity index (χ1v) is 2.60. The summed E-state index contributed by atoms with van der Waals surface area (Å²) in [5.74, 6) is 0. The highest BCUT2D eigenvalue weighted by molar-refractivity contribution is 5.45. The van der Waals surface area contributed by atoms with Crippen molar-refractivity contribution in [2.45, 2.75) is 0 Å². The van der Waals surface area contributed by atoms with Crippen LogP contribution in [0.4, 0.5) is 4.39 Å². The van der Waals surface area contributed by atoms with Gasteiger partial charge in [0.25, 0.3) is 0 Å². The average molecular weight is 123 g/mol. The van der Waals surface area contributed by atoms with E-state index in [1.807, 2.05) is 0 Å². The molecule has 1 aromatic rings. The van der Waals surface area contributed by atoms with Crippen LogP contribution >= 0.6 is 0 Å². The Morgan fingerprint density at radius 3 is 3.00 bits per heavy atom. The second-order valence-electron chi connectivity index (χ2n) is 1.58. The van der Waals surface area contributed by atoms with Crippen molar-refractivity contribution in [2.75, 3.05) is 0 Å². The molecule has 0 aliphatic carbocycles. The normalized spacial score (nSPS) is 10.3. The van der Waals surface area contributed by atoms with E-state index < -0.39 is 0 Å². The van der Waals surface area contributed by atoms with Gasteiger partial charge in [0, 0.05) is 12.4 Å². The van der Waals surface area contributed by atoms with Crippen molar-refractivity contribution in [3.8, 4) is 0 Å². The van der Waals surface area contributed by atoms with E-state index >= 15 is 0 Å². The fourth-order valence-electron chi connectivity index (χ4n) is 0.547. The molecule has 9 heavy (non-hydrogen) atoms. The Morgan fingerprint density at radius 2 is 2.44 bits per heavy atom. The second-order valence-corrected chi connectivity index (χ2v) is 1.58. The maximum Gasteiger partial charge on any atom is 0.0873 e. The summed E-state index contributed by atoms with van der Waals surface area (Å²) >= 11 is 0. The lowest BCUT2D eigenvalue weighted by Gasteiger charge is -1.85. The summed E-state index contributed by atoms with van der Waals surface area (Å²) in [7, 11) is 0. The van der Waals surface area contributed by atoms with Gasteiger partial charge in [-0.2, -0.15) is 0 Å². The van der Waals surface area contributed by atoms with E-state index in [0.29, 0.717) is 6.33 Å². The zero-order valence-corrected chi connectivity index (χ0v) is 4.79. The molecule has 2 heteroatoms. The molecule has 1 heterocycles. The van der Waals surface area contributed by atoms with Gasteiger partial charge >= 0.3 is 0 Å². The Balaban J connectivity index is 2.85. The predicted octanol–water partition coefficient (Wildman–Crippen LogP) is 2.02. The van der Waals surface area contributed by atoms with Crippen molar-refractivity contribution in [2.24, 2.45) is 0 Å². The summed E-state index contributed by atoms with van der Waals surface area (Å²) in [6.45, 7) is 0. The third-order valence-electron chi connectivity index (χ3n) is 0.940. The SMILES string of the molecule is F/C=C/c1cccnc1. The van der Waals surface area contributed by atoms with E-state index in [1.54, 1.807) is 24.5 Å². The van der Waals surface area contributed by atoms with Crippen molar-refractivity contribution in [1.29, 1.82) is 0 Å². The molecule has 0 amide bonds. The highest BCUT2D eigenvalue weighted by atomic mass is 19.1. The number of aromatic nitrogens is 1. The van der Waals surface area contributed by atoms with Crippen LogP contribution in [0.25, 0.3) is 6.08 Å². The standard InChI is InChI=1S/C7H6FN/c8-4-3-7-2-1-5-9-6-7/h1-6H/b4-3+. The molecule has 46 valence electrons. The molecule has 0 fully saturated rings. The van der Waals surface area contributed by atoms with Gasteiger partial charge in [-0.3, -0.25) is 4.98 Å². The molecule has 0 bridgehead atoms. The summed E-state index contributed by atoms with van der Waals surface area (Å²) in [4.78, 5) is 3.79. The molecule has 0 radical (unpaired) electrons. The van der Waals surface area contributed by atoms with Gasteiger partial charge in [0.2, 0.25) is 0 Å². The molecule has 0 atom stereocenters. The summed E-state index contributed by atoms with van der Waals surface area (Å²) in [6.07, 6.45) is 5.09. The number of hydrogen-bond acceptors (Lipinski definition) is 1. The van der Waals surface area contributed by atoms with Gasteiger partial charge in [0.05, 0.1) is 6.33 Å². The zero-order chi connectivity index (χ0) is 6.53. The molecular weight excluding hydrogens is 117 g/mol. The van der Waals surface area contributed by atoms with Gasteiger partial charge in [-0.05, 0) is 17.7 Å². The maximum atomic E-state index is 11.5. The smallest absolute Gasteiger partial charge is 0.0873 e. The topological polar surface area (TPSA) is 12.9 Å². The van der Waals surface area contributed by atoms with Crippen LogP contribution < -0.4 is 0 Å². The molecule has 0 aromatic carbocycles. The Kier molecular flexibility index (Phi) is 1.96. The van der Waals surface area contributed by atoms with E-state index in [4.69, 9.17) is 0 Å². The highest BCUT2D eigenvalue weighted by Crippen LogP contribution is 1.97. The Hall–Kier alpha value is -1.18. The van der Waals surface area contributed by atoms with Crippen molar-refractivity contribution < 1.29 is 4.39 Å². The monoisotopic (exact) mass is 123 g/mol. The van der Waals surface area contributed by atoms with Gasteiger partial charge in [0.15, 0.2) is 0 Å². The average Bonchev–Trinajstić information content (AvgIpc) is 1.91. The van der Waals surface area contributed by atoms with Crippen LogP contribution in [0.2, 0.25) is 0 Å². The number of halogens is 1. The molecule has 0 aliphatic rings. The Labute approximate surface area is 52.9 Å². The van der Waals surface area contributed by atoms with Crippen molar-refractivity contribution in [1.82, 2.24) is 4.98 Å². The molecule has 0 N–H and O–H groups in total. The first-order chi connectivity index (χ1) is 4.43. The zero-order valence-electron chi connectivity index (χ0n) is 4.79. The maximum absolute atomic E-state index is 11.5. The lowest BCUT2D eigenvalue weighted by Crippen LogP contribution is -1.71. The molecule has 1 nitrogen and oxygen atoms in total. The lowest BCUT2D eigenvalue weighted by molar-refractivity contribution is 0.727. The van der Waals surface area contributed by atoms with Gasteiger partial charge < -0.3 is 0 Å². The molecular formula is C7H6FN. The lowest BCUT2D eigenvalue weighted by atomic mass is 10.3. The molecule has 0 saturated heterocycles. The van der Waals surface area contributed by atoms with Crippen LogP contribution in [0, 0.1) is 0 Å².